The number of ether oxygens (including phenoxy) is 1. The standard InChI is InChI=1S/C22H32N2O2S.C3H8.C2H6/c1-22(9-5-19(14-22)23-18-7-11-26-12-8-18)21(25)24-10-6-16-3-4-20(27-2)13-17(16)15-24;1-3-2;1-2/h3-4,13,18-19,23H,5-12,14-15H2,1-2H3;3H2,1-2H3;1-2H3. The summed E-state index contributed by atoms with van der Waals surface area (Å²) in [6.07, 6.45) is 9.62. The molecule has 4 nitrogen and oxygen atoms in total. The van der Waals surface area contributed by atoms with Crippen molar-refractivity contribution < 1.29 is 9.53 Å². The van der Waals surface area contributed by atoms with Crippen LogP contribution < -0.4 is 5.32 Å². The molecule has 1 amide bonds. The zero-order chi connectivity index (χ0) is 23.6. The Morgan fingerprint density at radius 3 is 2.50 bits per heavy atom. The van der Waals surface area contributed by atoms with Crippen LogP contribution in [0.2, 0.25) is 0 Å². The van der Waals surface area contributed by atoms with Crippen LogP contribution in [0.3, 0.4) is 0 Å². The molecule has 1 aromatic rings. The van der Waals surface area contributed by atoms with Gasteiger partial charge in [0.15, 0.2) is 0 Å². The number of benzene rings is 1. The minimum atomic E-state index is -0.211. The van der Waals surface area contributed by atoms with Gasteiger partial charge in [0.1, 0.15) is 0 Å². The molecule has 2 aliphatic heterocycles. The van der Waals surface area contributed by atoms with Crippen LogP contribution in [-0.2, 0) is 22.5 Å². The molecule has 0 bridgehead atoms. The first-order valence-electron chi connectivity index (χ1n) is 12.8. The number of rotatable bonds is 4. The molecule has 0 spiro atoms. The van der Waals surface area contributed by atoms with Crippen LogP contribution in [0.25, 0.3) is 0 Å². The lowest BCUT2D eigenvalue weighted by Gasteiger charge is -2.35. The van der Waals surface area contributed by atoms with Crippen molar-refractivity contribution in [3.8, 4) is 0 Å². The highest BCUT2D eigenvalue weighted by Crippen LogP contribution is 2.41. The highest BCUT2D eigenvalue weighted by Gasteiger charge is 2.44. The predicted molar refractivity (Wildman–Crippen MR) is 137 cm³/mol. The summed E-state index contributed by atoms with van der Waals surface area (Å²) in [5.41, 5.74) is 2.53. The van der Waals surface area contributed by atoms with E-state index < -0.39 is 0 Å². The summed E-state index contributed by atoms with van der Waals surface area (Å²) in [7, 11) is 0. The number of hydrogen-bond acceptors (Lipinski definition) is 4. The zero-order valence-electron chi connectivity index (χ0n) is 21.3. The van der Waals surface area contributed by atoms with Crippen molar-refractivity contribution >= 4 is 17.7 Å². The molecule has 5 heteroatoms. The fourth-order valence-corrected chi connectivity index (χ4v) is 5.45. The molecule has 2 atom stereocenters. The van der Waals surface area contributed by atoms with Crippen LogP contribution in [0.1, 0.15) is 84.3 Å². The van der Waals surface area contributed by atoms with E-state index in [1.165, 1.54) is 22.4 Å². The van der Waals surface area contributed by atoms with E-state index in [9.17, 15) is 4.79 Å². The molecule has 0 radical (unpaired) electrons. The maximum absolute atomic E-state index is 13.4. The number of fused-ring (bicyclic) bond motifs is 1. The molecule has 2 heterocycles. The maximum Gasteiger partial charge on any atom is 0.228 e. The zero-order valence-corrected chi connectivity index (χ0v) is 22.2. The van der Waals surface area contributed by atoms with E-state index in [1.807, 2.05) is 13.8 Å². The second-order valence-corrected chi connectivity index (χ2v) is 10.3. The van der Waals surface area contributed by atoms with E-state index in [1.54, 1.807) is 11.8 Å². The molecule has 2 unspecified atom stereocenters. The molecule has 32 heavy (non-hydrogen) atoms. The topological polar surface area (TPSA) is 41.6 Å². The van der Waals surface area contributed by atoms with Crippen LogP contribution >= 0.6 is 11.8 Å². The number of nitrogens with zero attached hydrogens (tertiary/aromatic N) is 1. The van der Waals surface area contributed by atoms with Gasteiger partial charge in [-0.05, 0) is 68.0 Å². The number of amides is 1. The quantitative estimate of drug-likeness (QED) is 0.552. The smallest absolute Gasteiger partial charge is 0.228 e. The number of nitrogens with one attached hydrogen (secondary N) is 1. The SMILES string of the molecule is CC.CCC.CSc1ccc2c(c1)CN(C(=O)C1(C)CCC(NC3CCOCC3)C1)CC2. The van der Waals surface area contributed by atoms with E-state index in [4.69, 9.17) is 4.74 Å². The van der Waals surface area contributed by atoms with Gasteiger partial charge in [-0.15, -0.1) is 11.8 Å². The minimum Gasteiger partial charge on any atom is -0.381 e. The van der Waals surface area contributed by atoms with Gasteiger partial charge < -0.3 is 15.0 Å². The van der Waals surface area contributed by atoms with Gasteiger partial charge in [-0.3, -0.25) is 4.79 Å². The first-order valence-corrected chi connectivity index (χ1v) is 14.0. The van der Waals surface area contributed by atoms with Crippen molar-refractivity contribution in [2.24, 2.45) is 5.41 Å². The van der Waals surface area contributed by atoms with Crippen LogP contribution in [0.4, 0.5) is 0 Å². The minimum absolute atomic E-state index is 0.211. The fraction of sp³-hybridized carbons (Fsp3) is 0.741. The third kappa shape index (κ3) is 7.23. The van der Waals surface area contributed by atoms with E-state index in [2.05, 4.69) is 55.4 Å². The van der Waals surface area contributed by atoms with E-state index in [0.717, 1.165) is 64.8 Å². The van der Waals surface area contributed by atoms with Crippen molar-refractivity contribution in [3.63, 3.8) is 0 Å². The monoisotopic (exact) mass is 462 g/mol. The Morgan fingerprint density at radius 1 is 1.16 bits per heavy atom. The van der Waals surface area contributed by atoms with Crippen molar-refractivity contribution in [1.82, 2.24) is 10.2 Å². The molecule has 2 fully saturated rings. The van der Waals surface area contributed by atoms with Gasteiger partial charge in [-0.1, -0.05) is 47.1 Å². The van der Waals surface area contributed by atoms with Gasteiger partial charge in [-0.2, -0.15) is 0 Å². The summed E-state index contributed by atoms with van der Waals surface area (Å²) in [6, 6.07) is 7.75. The number of hydrogen-bond donors (Lipinski definition) is 1. The van der Waals surface area contributed by atoms with Crippen LogP contribution in [0, 0.1) is 5.41 Å². The summed E-state index contributed by atoms with van der Waals surface area (Å²) in [5.74, 6) is 0.360. The molecular formula is C27H46N2O2S. The highest BCUT2D eigenvalue weighted by molar-refractivity contribution is 7.98. The van der Waals surface area contributed by atoms with Gasteiger partial charge >= 0.3 is 0 Å². The van der Waals surface area contributed by atoms with Crippen molar-refractivity contribution in [3.05, 3.63) is 29.3 Å². The Hall–Kier alpha value is -1.04. The van der Waals surface area contributed by atoms with E-state index >= 15 is 0 Å². The second kappa shape index (κ2) is 13.6. The van der Waals surface area contributed by atoms with Gasteiger partial charge in [0.25, 0.3) is 0 Å². The third-order valence-electron chi connectivity index (χ3n) is 6.66. The van der Waals surface area contributed by atoms with Crippen LogP contribution in [0.5, 0.6) is 0 Å². The summed E-state index contributed by atoms with van der Waals surface area (Å²) in [5, 5.41) is 3.81. The number of thioether (sulfide) groups is 1. The number of carbonyl (C=O) groups excluding carboxylic acids is 1. The molecule has 0 aromatic heterocycles. The molecule has 3 aliphatic rings. The molecule has 1 aromatic carbocycles. The fourth-order valence-electron chi connectivity index (χ4n) is 4.99. The van der Waals surface area contributed by atoms with E-state index in [-0.39, 0.29) is 5.41 Å². The van der Waals surface area contributed by atoms with Crippen molar-refractivity contribution in [2.45, 2.75) is 103 Å². The Kier molecular flexibility index (Phi) is 11.6. The average molecular weight is 463 g/mol. The molecule has 1 saturated heterocycles. The lowest BCUT2D eigenvalue weighted by molar-refractivity contribution is -0.142. The average Bonchev–Trinajstić information content (AvgIpc) is 3.21. The second-order valence-electron chi connectivity index (χ2n) is 9.37. The Labute approximate surface area is 201 Å². The van der Waals surface area contributed by atoms with Gasteiger partial charge in [0.2, 0.25) is 5.91 Å². The molecule has 1 N–H and O–H groups in total. The van der Waals surface area contributed by atoms with Crippen LogP contribution in [-0.4, -0.2) is 48.9 Å². The normalized spacial score (nSPS) is 25.2. The van der Waals surface area contributed by atoms with Crippen LogP contribution in [0.15, 0.2) is 23.1 Å². The largest absolute Gasteiger partial charge is 0.381 e. The summed E-state index contributed by atoms with van der Waals surface area (Å²) in [6.45, 7) is 13.8. The Morgan fingerprint density at radius 2 is 1.84 bits per heavy atom. The summed E-state index contributed by atoms with van der Waals surface area (Å²) in [4.78, 5) is 16.8. The Balaban J connectivity index is 0.000000671. The molecule has 4 rings (SSSR count). The predicted octanol–water partition coefficient (Wildman–Crippen LogP) is 6.06. The molecular weight excluding hydrogens is 416 g/mol. The van der Waals surface area contributed by atoms with Gasteiger partial charge in [0.05, 0.1) is 0 Å². The lowest BCUT2D eigenvalue weighted by atomic mass is 9.85. The summed E-state index contributed by atoms with van der Waals surface area (Å²) >= 11 is 1.77. The van der Waals surface area contributed by atoms with Crippen molar-refractivity contribution in [2.75, 3.05) is 26.0 Å². The third-order valence-corrected chi connectivity index (χ3v) is 7.39. The maximum atomic E-state index is 13.4. The van der Waals surface area contributed by atoms with E-state index in [0.29, 0.717) is 18.0 Å². The van der Waals surface area contributed by atoms with Gasteiger partial charge in [-0.25, -0.2) is 0 Å². The first-order chi connectivity index (χ1) is 15.5. The molecule has 1 saturated carbocycles. The molecule has 1 aliphatic carbocycles. The number of carbonyl (C=O) groups is 1. The van der Waals surface area contributed by atoms with Crippen molar-refractivity contribution in [1.29, 1.82) is 0 Å². The first kappa shape index (κ1) is 27.2. The lowest BCUT2D eigenvalue weighted by Crippen LogP contribution is -2.45. The Bertz CT molecular complexity index is 705. The highest BCUT2D eigenvalue weighted by atomic mass is 32.2. The molecule has 182 valence electrons. The van der Waals surface area contributed by atoms with Gasteiger partial charge in [0, 0.05) is 48.7 Å². The summed E-state index contributed by atoms with van der Waals surface area (Å²) < 4.78 is 5.47.